The number of ketones is 1. The zero-order chi connectivity index (χ0) is 24.4. The molecular weight excluding hydrogens is 473 g/mol. The van der Waals surface area contributed by atoms with Crippen LogP contribution in [0.5, 0.6) is 5.75 Å². The number of benzene rings is 2. The molecule has 1 aliphatic heterocycles. The van der Waals surface area contributed by atoms with Crippen molar-refractivity contribution in [3.63, 3.8) is 0 Å². The molecule has 2 unspecified atom stereocenters. The van der Waals surface area contributed by atoms with Crippen LogP contribution in [-0.4, -0.2) is 25.5 Å². The molecule has 2 aromatic carbocycles. The summed E-state index contributed by atoms with van der Waals surface area (Å²) in [5.74, 6) is -0.336. The van der Waals surface area contributed by atoms with Gasteiger partial charge < -0.3 is 14.8 Å². The number of ether oxygens (including phenoxy) is 2. The normalized spacial score (nSPS) is 20.1. The molecule has 0 fully saturated rings. The van der Waals surface area contributed by atoms with Crippen LogP contribution in [0.2, 0.25) is 10.0 Å². The first kappa shape index (κ1) is 24.4. The van der Waals surface area contributed by atoms with Crippen LogP contribution < -0.4 is 10.1 Å². The van der Waals surface area contributed by atoms with E-state index in [1.165, 1.54) is 0 Å². The van der Waals surface area contributed by atoms with Crippen molar-refractivity contribution in [2.24, 2.45) is 0 Å². The Balaban J connectivity index is 1.79. The van der Waals surface area contributed by atoms with Crippen molar-refractivity contribution in [2.75, 3.05) is 13.7 Å². The first-order valence-electron chi connectivity index (χ1n) is 11.3. The van der Waals surface area contributed by atoms with Crippen LogP contribution in [0.3, 0.4) is 0 Å². The molecule has 1 aliphatic carbocycles. The molecule has 0 saturated carbocycles. The van der Waals surface area contributed by atoms with E-state index < -0.39 is 11.9 Å². The smallest absolute Gasteiger partial charge is 0.336 e. The Morgan fingerprint density at radius 2 is 1.85 bits per heavy atom. The third kappa shape index (κ3) is 4.59. The first-order valence-corrected chi connectivity index (χ1v) is 12.1. The van der Waals surface area contributed by atoms with Gasteiger partial charge in [0.2, 0.25) is 0 Å². The third-order valence-corrected chi connectivity index (χ3v) is 7.20. The van der Waals surface area contributed by atoms with Crippen molar-refractivity contribution < 1.29 is 19.1 Å². The van der Waals surface area contributed by atoms with E-state index in [4.69, 9.17) is 32.7 Å². The molecule has 0 spiro atoms. The van der Waals surface area contributed by atoms with Crippen molar-refractivity contribution >= 4 is 35.0 Å². The van der Waals surface area contributed by atoms with Gasteiger partial charge in [-0.15, -0.1) is 0 Å². The number of carbonyl (C=O) groups excluding carboxylic acids is 2. The summed E-state index contributed by atoms with van der Waals surface area (Å²) in [7, 11) is 1.63. The van der Waals surface area contributed by atoms with Gasteiger partial charge in [-0.1, -0.05) is 54.4 Å². The minimum atomic E-state index is -0.642. The number of allylic oxidation sites excluding steroid dienone is 3. The first-order chi connectivity index (χ1) is 16.3. The lowest BCUT2D eigenvalue weighted by Crippen LogP contribution is -2.36. The largest absolute Gasteiger partial charge is 0.497 e. The minimum Gasteiger partial charge on any atom is -0.497 e. The monoisotopic (exact) mass is 499 g/mol. The number of methoxy groups -OCH3 is 1. The van der Waals surface area contributed by atoms with Crippen LogP contribution in [-0.2, 0) is 14.3 Å². The fraction of sp³-hybridized carbons (Fsp3) is 0.333. The predicted molar refractivity (Wildman–Crippen MR) is 133 cm³/mol. The van der Waals surface area contributed by atoms with E-state index in [0.717, 1.165) is 17.0 Å². The van der Waals surface area contributed by atoms with Gasteiger partial charge in [0.1, 0.15) is 5.75 Å². The van der Waals surface area contributed by atoms with Crippen LogP contribution in [0.1, 0.15) is 56.1 Å². The maximum Gasteiger partial charge on any atom is 0.336 e. The van der Waals surface area contributed by atoms with Crippen molar-refractivity contribution in [1.29, 1.82) is 0 Å². The lowest BCUT2D eigenvalue weighted by atomic mass is 9.71. The van der Waals surface area contributed by atoms with Gasteiger partial charge >= 0.3 is 5.97 Å². The van der Waals surface area contributed by atoms with Crippen molar-refractivity contribution in [3.8, 4) is 5.75 Å². The van der Waals surface area contributed by atoms with Crippen LogP contribution in [0.25, 0.3) is 0 Å². The Bertz CT molecular complexity index is 1180. The van der Waals surface area contributed by atoms with Gasteiger partial charge in [0.25, 0.3) is 0 Å². The molecule has 5 nitrogen and oxygen atoms in total. The maximum absolute atomic E-state index is 13.6. The zero-order valence-electron chi connectivity index (χ0n) is 19.4. The van der Waals surface area contributed by atoms with E-state index in [9.17, 15) is 9.59 Å². The van der Waals surface area contributed by atoms with E-state index >= 15 is 0 Å². The second kappa shape index (κ2) is 10.2. The number of nitrogens with one attached hydrogen (secondary N) is 1. The van der Waals surface area contributed by atoms with Crippen molar-refractivity contribution in [2.45, 2.75) is 44.9 Å². The van der Waals surface area contributed by atoms with E-state index in [0.29, 0.717) is 58.3 Å². The molecule has 7 heteroatoms. The summed E-state index contributed by atoms with van der Waals surface area (Å²) in [6.45, 7) is 4.06. The van der Waals surface area contributed by atoms with Crippen LogP contribution in [0, 0.1) is 0 Å². The Labute approximate surface area is 209 Å². The molecular formula is C27H27Cl2NO4. The molecule has 0 bridgehead atoms. The highest BCUT2D eigenvalue weighted by Crippen LogP contribution is 2.48. The summed E-state index contributed by atoms with van der Waals surface area (Å²) in [4.78, 5) is 26.8. The average Bonchev–Trinajstić information content (AvgIpc) is 2.83. The SMILES string of the molecule is CCCOC(=O)C1=C(C)NC2=C(C(=O)CC(c3ccc(OC)cc3)C2)C1c1cccc(Cl)c1Cl. The maximum atomic E-state index is 13.6. The van der Waals surface area contributed by atoms with Crippen molar-refractivity contribution in [3.05, 3.63) is 86.2 Å². The highest BCUT2D eigenvalue weighted by molar-refractivity contribution is 6.42. The topological polar surface area (TPSA) is 64.6 Å². The minimum absolute atomic E-state index is 0.0153. The number of halogens is 2. The molecule has 1 heterocycles. The lowest BCUT2D eigenvalue weighted by Gasteiger charge is -2.37. The molecule has 0 amide bonds. The van der Waals surface area contributed by atoms with Gasteiger partial charge in [-0.3, -0.25) is 4.79 Å². The van der Waals surface area contributed by atoms with Gasteiger partial charge in [0.05, 0.1) is 29.3 Å². The molecule has 2 atom stereocenters. The van der Waals surface area contributed by atoms with Gasteiger partial charge in [-0.2, -0.15) is 0 Å². The molecule has 0 aromatic heterocycles. The lowest BCUT2D eigenvalue weighted by molar-refractivity contribution is -0.139. The number of hydrogen-bond acceptors (Lipinski definition) is 5. The molecule has 178 valence electrons. The van der Waals surface area contributed by atoms with Crippen LogP contribution in [0.4, 0.5) is 0 Å². The summed E-state index contributed by atoms with van der Waals surface area (Å²) >= 11 is 12.9. The Kier molecular flexibility index (Phi) is 7.34. The summed E-state index contributed by atoms with van der Waals surface area (Å²) in [5, 5.41) is 4.06. The second-order valence-corrected chi connectivity index (χ2v) is 9.35. The van der Waals surface area contributed by atoms with E-state index in [2.05, 4.69) is 5.32 Å². The highest BCUT2D eigenvalue weighted by Gasteiger charge is 2.42. The number of esters is 1. The highest BCUT2D eigenvalue weighted by atomic mass is 35.5. The molecule has 2 aliphatic rings. The Morgan fingerprint density at radius 3 is 2.53 bits per heavy atom. The molecule has 0 saturated heterocycles. The van der Waals surface area contributed by atoms with Crippen molar-refractivity contribution in [1.82, 2.24) is 5.32 Å². The number of dihydropyridines is 1. The summed E-state index contributed by atoms with van der Waals surface area (Å²) < 4.78 is 10.8. The van der Waals surface area contributed by atoms with Crippen LogP contribution in [0.15, 0.2) is 65.0 Å². The van der Waals surface area contributed by atoms with E-state index in [-0.39, 0.29) is 11.7 Å². The van der Waals surface area contributed by atoms with E-state index in [1.54, 1.807) is 19.2 Å². The summed E-state index contributed by atoms with van der Waals surface area (Å²) in [5.41, 5.74) is 4.11. The van der Waals surface area contributed by atoms with Gasteiger partial charge in [0, 0.05) is 29.3 Å². The van der Waals surface area contributed by atoms with Gasteiger partial charge in [-0.05, 0) is 55.0 Å². The van der Waals surface area contributed by atoms with E-state index in [1.807, 2.05) is 44.2 Å². The average molecular weight is 500 g/mol. The van der Waals surface area contributed by atoms with Gasteiger partial charge in [0.15, 0.2) is 5.78 Å². The quantitative estimate of drug-likeness (QED) is 0.471. The molecule has 4 rings (SSSR count). The zero-order valence-corrected chi connectivity index (χ0v) is 20.9. The molecule has 34 heavy (non-hydrogen) atoms. The molecule has 0 radical (unpaired) electrons. The molecule has 1 N–H and O–H groups in total. The standard InChI is InChI=1S/C27H27Cl2NO4/c1-4-12-34-27(32)23-15(2)30-21-13-17(16-8-10-18(33-3)11-9-16)14-22(31)25(21)24(23)19-6-5-7-20(28)26(19)29/h5-11,17,24,30H,4,12-14H2,1-3H3. The van der Waals surface area contributed by atoms with Gasteiger partial charge in [-0.25, -0.2) is 4.79 Å². The fourth-order valence-electron chi connectivity index (χ4n) is 4.75. The number of rotatable bonds is 6. The number of hydrogen-bond donors (Lipinski definition) is 1. The summed E-state index contributed by atoms with van der Waals surface area (Å²) in [6.07, 6.45) is 1.67. The number of carbonyl (C=O) groups is 2. The third-order valence-electron chi connectivity index (χ3n) is 6.36. The number of Topliss-reactive ketones (excluding diaryl/α,β-unsaturated/α-hetero) is 1. The van der Waals surface area contributed by atoms with Crippen LogP contribution >= 0.6 is 23.2 Å². The summed E-state index contributed by atoms with van der Waals surface area (Å²) in [6, 6.07) is 13.1. The molecule has 2 aromatic rings. The second-order valence-electron chi connectivity index (χ2n) is 8.57. The fourth-order valence-corrected chi connectivity index (χ4v) is 5.17. The Morgan fingerprint density at radius 1 is 1.12 bits per heavy atom. The Hall–Kier alpha value is -2.76. The predicted octanol–water partition coefficient (Wildman–Crippen LogP) is 6.32.